The number of benzene rings is 3. The van der Waals surface area contributed by atoms with Gasteiger partial charge in [0.25, 0.3) is 5.91 Å². The number of amides is 1. The van der Waals surface area contributed by atoms with Crippen LogP contribution in [0.15, 0.2) is 81.2 Å². The Labute approximate surface area is 201 Å². The van der Waals surface area contributed by atoms with E-state index in [-0.39, 0.29) is 16.6 Å². The van der Waals surface area contributed by atoms with Crippen molar-refractivity contribution in [1.82, 2.24) is 5.43 Å². The standard InChI is InChI=1S/C21H16BrIN2O5S/c1-29-17-6-8-18(9-7-17)31(27,28)30-20-10-5-14(11-19(20)22)13-24-25-21(26)15-3-2-4-16(23)12-15/h2-13H,1H3,(H,25,26)/b24-13-. The molecule has 0 aliphatic heterocycles. The zero-order valence-electron chi connectivity index (χ0n) is 16.1. The van der Waals surface area contributed by atoms with Gasteiger partial charge < -0.3 is 8.92 Å². The molecule has 0 aliphatic carbocycles. The molecule has 0 aromatic heterocycles. The lowest BCUT2D eigenvalue weighted by molar-refractivity contribution is 0.0955. The number of carbonyl (C=O) groups excluding carboxylic acids is 1. The number of methoxy groups -OCH3 is 1. The molecular formula is C21H16BrIN2O5S. The Hall–Kier alpha value is -2.44. The Bertz CT molecular complexity index is 1230. The summed E-state index contributed by atoms with van der Waals surface area (Å²) < 4.78 is 36.6. The lowest BCUT2D eigenvalue weighted by Gasteiger charge is -2.09. The number of nitrogens with one attached hydrogen (secondary N) is 1. The van der Waals surface area contributed by atoms with E-state index >= 15 is 0 Å². The zero-order chi connectivity index (χ0) is 22.4. The van der Waals surface area contributed by atoms with Gasteiger partial charge in [-0.15, -0.1) is 0 Å². The third kappa shape index (κ3) is 6.28. The van der Waals surface area contributed by atoms with E-state index in [2.05, 4.69) is 49.0 Å². The molecule has 0 fully saturated rings. The molecule has 0 saturated heterocycles. The van der Waals surface area contributed by atoms with Crippen LogP contribution in [0.5, 0.6) is 11.5 Å². The quantitative estimate of drug-likeness (QED) is 0.182. The second-order valence-corrected chi connectivity index (χ2v) is 9.76. The fourth-order valence-electron chi connectivity index (χ4n) is 2.43. The van der Waals surface area contributed by atoms with Crippen LogP contribution in [0.1, 0.15) is 15.9 Å². The number of rotatable bonds is 7. The van der Waals surface area contributed by atoms with Gasteiger partial charge in [0.05, 0.1) is 17.8 Å². The molecule has 31 heavy (non-hydrogen) atoms. The van der Waals surface area contributed by atoms with Gasteiger partial charge in [0.1, 0.15) is 10.6 Å². The predicted molar refractivity (Wildman–Crippen MR) is 129 cm³/mol. The largest absolute Gasteiger partial charge is 0.497 e. The van der Waals surface area contributed by atoms with E-state index in [0.717, 1.165) is 3.57 Å². The first-order chi connectivity index (χ1) is 14.8. The Kier molecular flexibility index (Phi) is 7.68. The van der Waals surface area contributed by atoms with E-state index in [0.29, 0.717) is 21.3 Å². The van der Waals surface area contributed by atoms with Crippen molar-refractivity contribution in [3.05, 3.63) is 85.9 Å². The van der Waals surface area contributed by atoms with E-state index in [4.69, 9.17) is 8.92 Å². The average Bonchev–Trinajstić information content (AvgIpc) is 2.75. The van der Waals surface area contributed by atoms with Crippen LogP contribution in [-0.4, -0.2) is 27.6 Å². The summed E-state index contributed by atoms with van der Waals surface area (Å²) in [4.78, 5) is 12.1. The van der Waals surface area contributed by atoms with Crippen LogP contribution in [0.3, 0.4) is 0 Å². The van der Waals surface area contributed by atoms with Gasteiger partial charge in [-0.05, 0) is 105 Å². The van der Waals surface area contributed by atoms with Gasteiger partial charge in [-0.2, -0.15) is 13.5 Å². The van der Waals surface area contributed by atoms with E-state index in [1.807, 2.05) is 6.07 Å². The Balaban J connectivity index is 1.67. The highest BCUT2D eigenvalue weighted by Crippen LogP contribution is 2.29. The molecule has 0 unspecified atom stereocenters. The second-order valence-electron chi connectivity index (χ2n) is 6.11. The minimum absolute atomic E-state index is 0.00382. The van der Waals surface area contributed by atoms with E-state index in [1.165, 1.54) is 43.7 Å². The summed E-state index contributed by atoms with van der Waals surface area (Å²) in [5, 5.41) is 3.94. The molecular weight excluding hydrogens is 599 g/mol. The maximum absolute atomic E-state index is 12.5. The summed E-state index contributed by atoms with van der Waals surface area (Å²) in [6.07, 6.45) is 1.44. The first-order valence-corrected chi connectivity index (χ1v) is 12.0. The summed E-state index contributed by atoms with van der Waals surface area (Å²) in [6, 6.07) is 17.7. The number of hydrazone groups is 1. The summed E-state index contributed by atoms with van der Waals surface area (Å²) in [7, 11) is -2.52. The predicted octanol–water partition coefficient (Wildman–Crippen LogP) is 4.59. The van der Waals surface area contributed by atoms with Crippen LogP contribution in [-0.2, 0) is 10.1 Å². The third-order valence-corrected chi connectivity index (χ3v) is 6.51. The van der Waals surface area contributed by atoms with Crippen molar-refractivity contribution in [3.63, 3.8) is 0 Å². The smallest absolute Gasteiger partial charge is 0.339 e. The van der Waals surface area contributed by atoms with E-state index in [1.54, 1.807) is 30.3 Å². The summed E-state index contributed by atoms with van der Waals surface area (Å²) >= 11 is 5.43. The van der Waals surface area contributed by atoms with Crippen LogP contribution in [0.25, 0.3) is 0 Å². The second kappa shape index (κ2) is 10.2. The van der Waals surface area contributed by atoms with Crippen LogP contribution in [0, 0.1) is 3.57 Å². The van der Waals surface area contributed by atoms with E-state index in [9.17, 15) is 13.2 Å². The molecule has 3 aromatic carbocycles. The van der Waals surface area contributed by atoms with Crippen LogP contribution in [0.4, 0.5) is 0 Å². The highest BCUT2D eigenvalue weighted by atomic mass is 127. The van der Waals surface area contributed by atoms with Crippen molar-refractivity contribution in [1.29, 1.82) is 0 Å². The number of carbonyl (C=O) groups is 1. The summed E-state index contributed by atoms with van der Waals surface area (Å²) in [6.45, 7) is 0. The van der Waals surface area contributed by atoms with Crippen molar-refractivity contribution in [3.8, 4) is 11.5 Å². The number of hydrogen-bond donors (Lipinski definition) is 1. The number of nitrogens with zero attached hydrogens (tertiary/aromatic N) is 1. The molecule has 3 aromatic rings. The van der Waals surface area contributed by atoms with Gasteiger partial charge in [0.15, 0.2) is 5.75 Å². The molecule has 1 amide bonds. The van der Waals surface area contributed by atoms with Crippen LogP contribution < -0.4 is 14.3 Å². The Morgan fingerprint density at radius 2 is 1.84 bits per heavy atom. The van der Waals surface area contributed by atoms with Gasteiger partial charge in [0.2, 0.25) is 0 Å². The molecule has 0 radical (unpaired) electrons. The maximum atomic E-state index is 12.5. The van der Waals surface area contributed by atoms with Crippen LogP contribution in [0.2, 0.25) is 0 Å². The maximum Gasteiger partial charge on any atom is 0.339 e. The van der Waals surface area contributed by atoms with Crippen molar-refractivity contribution < 1.29 is 22.1 Å². The van der Waals surface area contributed by atoms with Gasteiger partial charge in [-0.1, -0.05) is 6.07 Å². The minimum Gasteiger partial charge on any atom is -0.497 e. The molecule has 0 atom stereocenters. The summed E-state index contributed by atoms with van der Waals surface area (Å²) in [5.41, 5.74) is 3.58. The molecule has 1 N–H and O–H groups in total. The minimum atomic E-state index is -4.01. The van der Waals surface area contributed by atoms with Gasteiger partial charge >= 0.3 is 10.1 Å². The number of ether oxygens (including phenoxy) is 1. The topological polar surface area (TPSA) is 94.1 Å². The zero-order valence-corrected chi connectivity index (χ0v) is 20.6. The fraction of sp³-hybridized carbons (Fsp3) is 0.0476. The normalized spacial score (nSPS) is 11.3. The van der Waals surface area contributed by atoms with Crippen molar-refractivity contribution in [2.24, 2.45) is 5.10 Å². The molecule has 0 spiro atoms. The molecule has 0 saturated carbocycles. The SMILES string of the molecule is COc1ccc(S(=O)(=O)Oc2ccc(/C=N\NC(=O)c3cccc(I)c3)cc2Br)cc1. The van der Waals surface area contributed by atoms with Gasteiger partial charge in [0, 0.05) is 9.13 Å². The van der Waals surface area contributed by atoms with Crippen molar-refractivity contribution >= 4 is 60.8 Å². The summed E-state index contributed by atoms with van der Waals surface area (Å²) in [5.74, 6) is 0.327. The third-order valence-electron chi connectivity index (χ3n) is 3.97. The molecule has 160 valence electrons. The number of hydrogen-bond acceptors (Lipinski definition) is 6. The van der Waals surface area contributed by atoms with Gasteiger partial charge in [-0.25, -0.2) is 5.43 Å². The molecule has 0 aliphatic rings. The average molecular weight is 615 g/mol. The highest BCUT2D eigenvalue weighted by Gasteiger charge is 2.18. The first kappa shape index (κ1) is 23.2. The molecule has 3 rings (SSSR count). The Morgan fingerprint density at radius 3 is 2.48 bits per heavy atom. The lowest BCUT2D eigenvalue weighted by atomic mass is 10.2. The van der Waals surface area contributed by atoms with E-state index < -0.39 is 10.1 Å². The molecule has 7 nitrogen and oxygen atoms in total. The number of halogens is 2. The lowest BCUT2D eigenvalue weighted by Crippen LogP contribution is -2.17. The first-order valence-electron chi connectivity index (χ1n) is 8.75. The molecule has 0 bridgehead atoms. The highest BCUT2D eigenvalue weighted by molar-refractivity contribution is 14.1. The van der Waals surface area contributed by atoms with Gasteiger partial charge in [-0.3, -0.25) is 4.79 Å². The van der Waals surface area contributed by atoms with Crippen LogP contribution >= 0.6 is 38.5 Å². The van der Waals surface area contributed by atoms with Crippen molar-refractivity contribution in [2.45, 2.75) is 4.90 Å². The monoisotopic (exact) mass is 614 g/mol. The Morgan fingerprint density at radius 1 is 1.10 bits per heavy atom. The van der Waals surface area contributed by atoms with Crippen molar-refractivity contribution in [2.75, 3.05) is 7.11 Å². The molecule has 10 heteroatoms. The fourth-order valence-corrected chi connectivity index (χ4v) is 4.51. The molecule has 0 heterocycles.